The number of hydrogen-bond acceptors (Lipinski definition) is 3. The van der Waals surface area contributed by atoms with Gasteiger partial charge in [0.1, 0.15) is 5.76 Å². The van der Waals surface area contributed by atoms with Crippen molar-refractivity contribution in [1.29, 1.82) is 0 Å². The first-order valence-corrected chi connectivity index (χ1v) is 7.27. The smallest absolute Gasteiger partial charge is 0.361 e. The molecule has 0 N–H and O–H groups in total. The van der Waals surface area contributed by atoms with E-state index in [2.05, 4.69) is 5.16 Å². The van der Waals surface area contributed by atoms with Crippen molar-refractivity contribution < 1.29 is 21.9 Å². The van der Waals surface area contributed by atoms with Gasteiger partial charge in [-0.25, -0.2) is 0 Å². The van der Waals surface area contributed by atoms with Crippen LogP contribution in [0.4, 0.5) is 13.2 Å². The molecule has 3 nitrogen and oxygen atoms in total. The Morgan fingerprint density at radius 3 is 2.55 bits per heavy atom. The average Bonchev–Trinajstić information content (AvgIpc) is 2.73. The summed E-state index contributed by atoms with van der Waals surface area (Å²) in [5.74, 6) is 0.484. The van der Waals surface area contributed by atoms with E-state index >= 15 is 0 Å². The van der Waals surface area contributed by atoms with E-state index in [1.165, 1.54) is 18.2 Å². The number of alkyl halides is 3. The van der Waals surface area contributed by atoms with Crippen LogP contribution in [0, 0.1) is 6.92 Å². The highest BCUT2D eigenvalue weighted by molar-refractivity contribution is 7.83. The van der Waals surface area contributed by atoms with E-state index in [4.69, 9.17) is 4.52 Å². The number of halogens is 3. The maximum Gasteiger partial charge on any atom is 0.416 e. The first kappa shape index (κ1) is 14.8. The molecule has 0 bridgehead atoms. The number of hydrogen-bond donors (Lipinski definition) is 0. The van der Waals surface area contributed by atoms with E-state index in [0.29, 0.717) is 11.5 Å². The van der Waals surface area contributed by atoms with Gasteiger partial charge in [-0.1, -0.05) is 23.4 Å². The molecule has 2 rings (SSSR count). The van der Waals surface area contributed by atoms with Gasteiger partial charge >= 0.3 is 6.18 Å². The van der Waals surface area contributed by atoms with Crippen molar-refractivity contribution in [3.8, 4) is 0 Å². The summed E-state index contributed by atoms with van der Waals surface area (Å²) in [4.78, 5) is 0. The van der Waals surface area contributed by atoms with Gasteiger partial charge in [-0.3, -0.25) is 4.21 Å². The lowest BCUT2D eigenvalue weighted by molar-refractivity contribution is -0.138. The number of benzene rings is 1. The molecule has 0 unspecified atom stereocenters. The van der Waals surface area contributed by atoms with Gasteiger partial charge in [0.2, 0.25) is 0 Å². The van der Waals surface area contributed by atoms with Crippen LogP contribution >= 0.6 is 0 Å². The summed E-state index contributed by atoms with van der Waals surface area (Å²) in [6.45, 7) is 1.69. The van der Waals surface area contributed by atoms with Crippen molar-refractivity contribution in [1.82, 2.24) is 5.16 Å². The summed E-state index contributed by atoms with van der Waals surface area (Å²) in [7, 11) is -1.48. The molecule has 0 aliphatic rings. The third-order valence-electron chi connectivity index (χ3n) is 2.62. The second-order valence-corrected chi connectivity index (χ2v) is 5.77. The Bertz CT molecular complexity index is 622. The number of aryl methyl sites for hydroxylation is 1. The highest BCUT2D eigenvalue weighted by Gasteiger charge is 2.33. The third kappa shape index (κ3) is 3.69. The quantitative estimate of drug-likeness (QED) is 0.869. The lowest BCUT2D eigenvalue weighted by Crippen LogP contribution is -2.11. The number of rotatable bonds is 4. The van der Waals surface area contributed by atoms with Gasteiger partial charge in [-0.05, 0) is 18.6 Å². The molecule has 1 heterocycles. The summed E-state index contributed by atoms with van der Waals surface area (Å²) >= 11 is 0. The SMILES string of the molecule is Cc1cc(C[S@@](=O)Cc2ccccc2C(F)(F)F)no1. The van der Waals surface area contributed by atoms with Gasteiger partial charge in [-0.2, -0.15) is 13.2 Å². The van der Waals surface area contributed by atoms with Gasteiger partial charge in [0.15, 0.2) is 0 Å². The second-order valence-electron chi connectivity index (χ2n) is 4.31. The number of aromatic nitrogens is 1. The molecule has 0 radical (unpaired) electrons. The Morgan fingerprint density at radius 1 is 1.25 bits per heavy atom. The van der Waals surface area contributed by atoms with Crippen molar-refractivity contribution in [3.63, 3.8) is 0 Å². The monoisotopic (exact) mass is 303 g/mol. The molecule has 108 valence electrons. The fraction of sp³-hybridized carbons (Fsp3) is 0.308. The Balaban J connectivity index is 2.12. The molecule has 1 atom stereocenters. The minimum atomic E-state index is -4.44. The van der Waals surface area contributed by atoms with Crippen LogP contribution < -0.4 is 0 Å². The van der Waals surface area contributed by atoms with Gasteiger partial charge in [0.05, 0.1) is 17.0 Å². The zero-order chi connectivity index (χ0) is 14.8. The highest BCUT2D eigenvalue weighted by atomic mass is 32.2. The van der Waals surface area contributed by atoms with E-state index in [9.17, 15) is 17.4 Å². The maximum absolute atomic E-state index is 12.8. The fourth-order valence-corrected chi connectivity index (χ4v) is 2.96. The highest BCUT2D eigenvalue weighted by Crippen LogP contribution is 2.32. The largest absolute Gasteiger partial charge is 0.416 e. The summed E-state index contributed by atoms with van der Waals surface area (Å²) in [6.07, 6.45) is -4.44. The standard InChI is InChI=1S/C13H12F3NO2S/c1-9-6-11(17-19-9)8-20(18)7-10-4-2-3-5-12(10)13(14,15)16/h2-6H,7-8H2,1H3/t20-/m0/s1. The molecule has 20 heavy (non-hydrogen) atoms. The van der Waals surface area contributed by atoms with E-state index in [-0.39, 0.29) is 17.1 Å². The lowest BCUT2D eigenvalue weighted by Gasteiger charge is -2.11. The van der Waals surface area contributed by atoms with Gasteiger partial charge < -0.3 is 4.52 Å². The third-order valence-corrected chi connectivity index (χ3v) is 3.88. The first-order chi connectivity index (χ1) is 9.36. The molecule has 0 aliphatic heterocycles. The molecule has 0 spiro atoms. The molecule has 0 fully saturated rings. The van der Waals surface area contributed by atoms with Crippen LogP contribution in [0.2, 0.25) is 0 Å². The average molecular weight is 303 g/mol. The van der Waals surface area contributed by atoms with Crippen LogP contribution in [-0.4, -0.2) is 9.37 Å². The summed E-state index contributed by atoms with van der Waals surface area (Å²) in [5.41, 5.74) is -0.242. The van der Waals surface area contributed by atoms with Crippen molar-refractivity contribution in [2.75, 3.05) is 0 Å². The minimum absolute atomic E-state index is 0.0264. The number of nitrogens with zero attached hydrogens (tertiary/aromatic N) is 1. The summed E-state index contributed by atoms with van der Waals surface area (Å²) in [6, 6.07) is 6.77. The van der Waals surface area contributed by atoms with Crippen LogP contribution in [0.1, 0.15) is 22.6 Å². The Labute approximate surface area is 116 Å². The van der Waals surface area contributed by atoms with Crippen LogP contribution in [-0.2, 0) is 28.5 Å². The molecule has 7 heteroatoms. The predicted octanol–water partition coefficient (Wildman–Crippen LogP) is 3.45. The van der Waals surface area contributed by atoms with E-state index in [1.807, 2.05) is 0 Å². The van der Waals surface area contributed by atoms with Gasteiger partial charge in [-0.15, -0.1) is 0 Å². The Hall–Kier alpha value is -1.63. The molecule has 0 saturated heterocycles. The van der Waals surface area contributed by atoms with Gasteiger partial charge in [0.25, 0.3) is 0 Å². The molecule has 2 aromatic rings. The van der Waals surface area contributed by atoms with E-state index in [0.717, 1.165) is 6.07 Å². The molecular formula is C13H12F3NO2S. The molecular weight excluding hydrogens is 291 g/mol. The first-order valence-electron chi connectivity index (χ1n) is 5.78. The Kier molecular flexibility index (Phi) is 4.27. The molecule has 1 aromatic carbocycles. The van der Waals surface area contributed by atoms with Crippen molar-refractivity contribution in [2.45, 2.75) is 24.6 Å². The topological polar surface area (TPSA) is 43.1 Å². The predicted molar refractivity (Wildman–Crippen MR) is 68.2 cm³/mol. The molecule has 0 amide bonds. The second kappa shape index (κ2) is 5.78. The van der Waals surface area contributed by atoms with Crippen molar-refractivity contribution in [3.05, 3.63) is 52.9 Å². The zero-order valence-electron chi connectivity index (χ0n) is 10.6. The van der Waals surface area contributed by atoms with Crippen molar-refractivity contribution >= 4 is 10.8 Å². The maximum atomic E-state index is 12.8. The van der Waals surface area contributed by atoms with Crippen LogP contribution in [0.3, 0.4) is 0 Å². The van der Waals surface area contributed by atoms with E-state index in [1.54, 1.807) is 13.0 Å². The molecule has 0 aliphatic carbocycles. The van der Waals surface area contributed by atoms with Crippen molar-refractivity contribution in [2.24, 2.45) is 0 Å². The lowest BCUT2D eigenvalue weighted by atomic mass is 10.1. The van der Waals surface area contributed by atoms with Crippen LogP contribution in [0.25, 0.3) is 0 Å². The van der Waals surface area contributed by atoms with Gasteiger partial charge in [0, 0.05) is 22.6 Å². The normalized spacial score (nSPS) is 13.4. The molecule has 0 saturated carbocycles. The van der Waals surface area contributed by atoms with Crippen LogP contribution in [0.5, 0.6) is 0 Å². The minimum Gasteiger partial charge on any atom is -0.361 e. The Morgan fingerprint density at radius 2 is 1.95 bits per heavy atom. The summed E-state index contributed by atoms with van der Waals surface area (Å²) in [5, 5.41) is 3.68. The van der Waals surface area contributed by atoms with Crippen LogP contribution in [0.15, 0.2) is 34.9 Å². The van der Waals surface area contributed by atoms with E-state index < -0.39 is 22.5 Å². The molecule has 1 aromatic heterocycles. The summed E-state index contributed by atoms with van der Waals surface area (Å²) < 4.78 is 55.2. The fourth-order valence-electron chi connectivity index (χ4n) is 1.80. The zero-order valence-corrected chi connectivity index (χ0v) is 11.4.